The summed E-state index contributed by atoms with van der Waals surface area (Å²) in [5.41, 5.74) is 0.0551. The summed E-state index contributed by atoms with van der Waals surface area (Å²) in [6, 6.07) is 6.39. The fourth-order valence-electron chi connectivity index (χ4n) is 4.70. The molecule has 1 aromatic rings. The molecule has 208 valence electrons. The minimum absolute atomic E-state index is 0.0796. The highest BCUT2D eigenvalue weighted by atomic mass is 32.2. The molecule has 0 N–H and O–H groups in total. The highest BCUT2D eigenvalue weighted by molar-refractivity contribution is 7.90. The van der Waals surface area contributed by atoms with Crippen molar-refractivity contribution in [3.05, 3.63) is 29.8 Å². The highest BCUT2D eigenvalue weighted by Gasteiger charge is 2.50. The van der Waals surface area contributed by atoms with E-state index in [4.69, 9.17) is 18.9 Å². The van der Waals surface area contributed by atoms with Crippen molar-refractivity contribution in [2.75, 3.05) is 40.5 Å². The molecule has 1 aromatic carbocycles. The predicted octanol–water partition coefficient (Wildman–Crippen LogP) is 3.33. The van der Waals surface area contributed by atoms with Crippen LogP contribution < -0.4 is 4.74 Å². The van der Waals surface area contributed by atoms with Crippen LogP contribution in [0.5, 0.6) is 5.75 Å². The number of likely N-dealkylation sites (tertiary alicyclic amines) is 1. The van der Waals surface area contributed by atoms with Gasteiger partial charge in [-0.1, -0.05) is 12.1 Å². The second kappa shape index (κ2) is 11.0. The molecule has 4 rings (SSSR count). The van der Waals surface area contributed by atoms with Crippen LogP contribution in [0.3, 0.4) is 0 Å². The fraction of sp³-hybridized carbons (Fsp3) is 0.708. The van der Waals surface area contributed by atoms with Gasteiger partial charge in [-0.15, -0.1) is 0 Å². The van der Waals surface area contributed by atoms with Gasteiger partial charge in [-0.25, -0.2) is 13.2 Å². The number of nitrogens with zero attached hydrogens (tertiary/aromatic N) is 2. The molecule has 1 spiro atoms. The first-order valence-corrected chi connectivity index (χ1v) is 13.8. The lowest BCUT2D eigenvalue weighted by molar-refractivity contribution is -0.220. The van der Waals surface area contributed by atoms with Crippen molar-refractivity contribution >= 4 is 16.1 Å². The number of alkyl halides is 3. The van der Waals surface area contributed by atoms with Crippen LogP contribution in [-0.4, -0.2) is 93.4 Å². The molecular weight excluding hydrogens is 517 g/mol. The second-order valence-electron chi connectivity index (χ2n) is 9.88. The van der Waals surface area contributed by atoms with Crippen molar-refractivity contribution in [2.45, 2.75) is 67.9 Å². The number of rotatable bonds is 9. The molecule has 2 saturated heterocycles. The van der Waals surface area contributed by atoms with Crippen molar-refractivity contribution < 1.29 is 45.3 Å². The molecule has 3 fully saturated rings. The standard InChI is InChI=1S/C24H33F3N2O7S/c1-28(37(31,32)20-7-8-20)18-13-23(35-15-18)9-11-29(12-10-23)22(30)36-21(24(25,26)27)16-34-14-17-3-5-19(33-2)6-4-17/h3-6,18,20-21H,7-16H2,1-2H3/t18-,21-/m1/s1. The van der Waals surface area contributed by atoms with E-state index in [-0.39, 0.29) is 37.6 Å². The summed E-state index contributed by atoms with van der Waals surface area (Å²) >= 11 is 0. The van der Waals surface area contributed by atoms with E-state index in [9.17, 15) is 26.4 Å². The minimum atomic E-state index is -4.79. The van der Waals surface area contributed by atoms with E-state index in [1.165, 1.54) is 16.3 Å². The van der Waals surface area contributed by atoms with Crippen molar-refractivity contribution in [3.63, 3.8) is 0 Å². The topological polar surface area (TPSA) is 94.6 Å². The van der Waals surface area contributed by atoms with E-state index < -0.39 is 40.6 Å². The molecule has 0 aromatic heterocycles. The van der Waals surface area contributed by atoms with Crippen LogP contribution in [0.25, 0.3) is 0 Å². The molecule has 0 radical (unpaired) electrons. The van der Waals surface area contributed by atoms with E-state index in [0.29, 0.717) is 43.4 Å². The van der Waals surface area contributed by atoms with Gasteiger partial charge in [0.15, 0.2) is 0 Å². The number of piperidine rings is 1. The number of hydrogen-bond donors (Lipinski definition) is 0. The maximum absolute atomic E-state index is 13.5. The summed E-state index contributed by atoms with van der Waals surface area (Å²) in [5.74, 6) is 0.614. The Balaban J connectivity index is 1.26. The number of ether oxygens (including phenoxy) is 4. The Kier molecular flexibility index (Phi) is 8.27. The average Bonchev–Trinajstić information content (AvgIpc) is 3.66. The molecule has 13 heteroatoms. The van der Waals surface area contributed by atoms with E-state index >= 15 is 0 Å². The number of sulfonamides is 1. The first-order chi connectivity index (χ1) is 17.4. The van der Waals surface area contributed by atoms with Gasteiger partial charge in [0, 0.05) is 20.1 Å². The van der Waals surface area contributed by atoms with Crippen LogP contribution in [0.1, 0.15) is 37.7 Å². The summed E-state index contributed by atoms with van der Waals surface area (Å²) in [4.78, 5) is 13.8. The van der Waals surface area contributed by atoms with Gasteiger partial charge in [0.05, 0.1) is 43.8 Å². The summed E-state index contributed by atoms with van der Waals surface area (Å²) < 4.78 is 88.1. The zero-order valence-electron chi connectivity index (χ0n) is 20.9. The van der Waals surface area contributed by atoms with Crippen LogP contribution in [0, 0.1) is 0 Å². The SMILES string of the molecule is COc1ccc(COC[C@@H](OC(=O)N2CCC3(CC2)C[C@@H](N(C)S(=O)(=O)C2CC2)CO3)C(F)(F)F)cc1. The van der Waals surface area contributed by atoms with Gasteiger partial charge < -0.3 is 23.8 Å². The molecule has 0 unspecified atom stereocenters. The summed E-state index contributed by atoms with van der Waals surface area (Å²) in [7, 11) is -0.261. The lowest BCUT2D eigenvalue weighted by Gasteiger charge is -2.38. The Labute approximate surface area is 214 Å². The van der Waals surface area contributed by atoms with Gasteiger partial charge in [-0.05, 0) is 49.8 Å². The third kappa shape index (κ3) is 6.68. The Bertz CT molecular complexity index is 1040. The molecule has 2 heterocycles. The van der Waals surface area contributed by atoms with Gasteiger partial charge >= 0.3 is 12.3 Å². The lowest BCUT2D eigenvalue weighted by atomic mass is 9.87. The molecule has 1 aliphatic carbocycles. The fourth-order valence-corrected chi connectivity index (χ4v) is 6.46. The van der Waals surface area contributed by atoms with Gasteiger partial charge in [0.1, 0.15) is 5.75 Å². The number of carbonyl (C=O) groups excluding carboxylic acids is 1. The van der Waals surface area contributed by atoms with Crippen LogP contribution in [0.4, 0.5) is 18.0 Å². The monoisotopic (exact) mass is 550 g/mol. The maximum atomic E-state index is 13.5. The zero-order valence-corrected chi connectivity index (χ0v) is 21.7. The van der Waals surface area contributed by atoms with Gasteiger partial charge in [0.2, 0.25) is 16.1 Å². The summed E-state index contributed by atoms with van der Waals surface area (Å²) in [5, 5.41) is -0.313. The first-order valence-electron chi connectivity index (χ1n) is 12.3. The molecule has 2 aliphatic heterocycles. The Morgan fingerprint density at radius 2 is 1.86 bits per heavy atom. The molecule has 9 nitrogen and oxygen atoms in total. The molecule has 1 amide bonds. The normalized spacial score (nSPS) is 22.9. The quantitative estimate of drug-likeness (QED) is 0.466. The summed E-state index contributed by atoms with van der Waals surface area (Å²) in [6.07, 6.45) is -5.63. The maximum Gasteiger partial charge on any atom is 0.427 e. The number of carbonyl (C=O) groups is 1. The number of methoxy groups -OCH3 is 1. The predicted molar refractivity (Wildman–Crippen MR) is 127 cm³/mol. The van der Waals surface area contributed by atoms with Gasteiger partial charge in [-0.3, -0.25) is 0 Å². The third-order valence-electron chi connectivity index (χ3n) is 7.29. The van der Waals surface area contributed by atoms with E-state index in [0.717, 1.165) is 0 Å². The first kappa shape index (κ1) is 27.9. The molecule has 3 aliphatic rings. The van der Waals surface area contributed by atoms with Gasteiger partial charge in [-0.2, -0.15) is 17.5 Å². The Hall–Kier alpha value is -2.09. The molecule has 0 bridgehead atoms. The third-order valence-corrected chi connectivity index (χ3v) is 9.70. The average molecular weight is 551 g/mol. The van der Waals surface area contributed by atoms with Crippen LogP contribution in [0.2, 0.25) is 0 Å². The molecule has 1 saturated carbocycles. The largest absolute Gasteiger partial charge is 0.497 e. The zero-order chi connectivity index (χ0) is 26.8. The Morgan fingerprint density at radius 1 is 1.22 bits per heavy atom. The molecule has 37 heavy (non-hydrogen) atoms. The van der Waals surface area contributed by atoms with Crippen molar-refractivity contribution in [2.24, 2.45) is 0 Å². The van der Waals surface area contributed by atoms with E-state index in [2.05, 4.69) is 0 Å². The van der Waals surface area contributed by atoms with Crippen molar-refractivity contribution in [3.8, 4) is 5.75 Å². The molecule has 2 atom stereocenters. The smallest absolute Gasteiger partial charge is 0.427 e. The van der Waals surface area contributed by atoms with Crippen molar-refractivity contribution in [1.29, 1.82) is 0 Å². The number of likely N-dealkylation sites (N-methyl/N-ethyl adjacent to an activating group) is 1. The number of hydrogen-bond acceptors (Lipinski definition) is 7. The van der Waals surface area contributed by atoms with Crippen LogP contribution in [0.15, 0.2) is 24.3 Å². The van der Waals surface area contributed by atoms with Crippen molar-refractivity contribution in [1.82, 2.24) is 9.21 Å². The van der Waals surface area contributed by atoms with Crippen LogP contribution in [-0.2, 0) is 30.8 Å². The second-order valence-corrected chi connectivity index (χ2v) is 12.1. The minimum Gasteiger partial charge on any atom is -0.497 e. The molecular formula is C24H33F3N2O7S. The Morgan fingerprint density at radius 3 is 2.43 bits per heavy atom. The van der Waals surface area contributed by atoms with Gasteiger partial charge in [0.25, 0.3) is 0 Å². The number of halogens is 3. The number of amides is 1. The highest BCUT2D eigenvalue weighted by Crippen LogP contribution is 2.40. The van der Waals surface area contributed by atoms with E-state index in [1.807, 2.05) is 0 Å². The van der Waals surface area contributed by atoms with E-state index in [1.54, 1.807) is 31.3 Å². The number of benzene rings is 1. The van der Waals surface area contributed by atoms with Crippen LogP contribution >= 0.6 is 0 Å². The lowest BCUT2D eigenvalue weighted by Crippen LogP contribution is -2.49. The summed E-state index contributed by atoms with van der Waals surface area (Å²) in [6.45, 7) is -0.339.